The monoisotopic (exact) mass is 291 g/mol. The van der Waals surface area contributed by atoms with Crippen LogP contribution in [0.4, 0.5) is 4.39 Å². The number of carbonyl (C=O) groups is 1. The van der Waals surface area contributed by atoms with Gasteiger partial charge in [0.2, 0.25) is 5.91 Å². The third kappa shape index (κ3) is 3.24. The van der Waals surface area contributed by atoms with Crippen molar-refractivity contribution in [3.63, 3.8) is 0 Å². The minimum absolute atomic E-state index is 0.113. The summed E-state index contributed by atoms with van der Waals surface area (Å²) in [6.45, 7) is 3.36. The first-order valence-corrected chi connectivity index (χ1v) is 7.60. The molecule has 2 aliphatic heterocycles. The van der Waals surface area contributed by atoms with Crippen molar-refractivity contribution in [1.82, 2.24) is 15.1 Å². The minimum atomic E-state index is -0.245. The van der Waals surface area contributed by atoms with E-state index in [9.17, 15) is 9.18 Å². The van der Waals surface area contributed by atoms with Crippen molar-refractivity contribution in [2.24, 2.45) is 5.92 Å². The second-order valence-corrected chi connectivity index (χ2v) is 6.13. The standard InChI is InChI=1S/C16H22FN3O/c1-19-8-6-12(7-9-19)11-20-15(21)10-18-16(20)13-2-4-14(17)5-3-13/h2-5,12,16,18H,6-11H2,1H3. The Morgan fingerprint density at radius 3 is 2.57 bits per heavy atom. The first-order valence-electron chi connectivity index (χ1n) is 7.60. The fourth-order valence-corrected chi connectivity index (χ4v) is 3.21. The summed E-state index contributed by atoms with van der Waals surface area (Å²) < 4.78 is 13.1. The number of piperidine rings is 1. The van der Waals surface area contributed by atoms with Crippen molar-refractivity contribution in [3.8, 4) is 0 Å². The number of carbonyl (C=O) groups excluding carboxylic acids is 1. The fourth-order valence-electron chi connectivity index (χ4n) is 3.21. The Balaban J connectivity index is 1.69. The van der Waals surface area contributed by atoms with Gasteiger partial charge in [-0.25, -0.2) is 4.39 Å². The van der Waals surface area contributed by atoms with Gasteiger partial charge in [0, 0.05) is 6.54 Å². The zero-order chi connectivity index (χ0) is 14.8. The Morgan fingerprint density at radius 1 is 1.24 bits per heavy atom. The van der Waals surface area contributed by atoms with E-state index in [-0.39, 0.29) is 17.9 Å². The lowest BCUT2D eigenvalue weighted by molar-refractivity contribution is -0.128. The van der Waals surface area contributed by atoms with Crippen molar-refractivity contribution in [3.05, 3.63) is 35.6 Å². The van der Waals surface area contributed by atoms with Crippen molar-refractivity contribution >= 4 is 5.91 Å². The number of amides is 1. The summed E-state index contributed by atoms with van der Waals surface area (Å²) in [5, 5.41) is 3.23. The van der Waals surface area contributed by atoms with Gasteiger partial charge in [-0.1, -0.05) is 12.1 Å². The molecule has 2 heterocycles. The van der Waals surface area contributed by atoms with Crippen LogP contribution in [0.25, 0.3) is 0 Å². The summed E-state index contributed by atoms with van der Waals surface area (Å²) in [7, 11) is 2.14. The van der Waals surface area contributed by atoms with Gasteiger partial charge in [0.05, 0.1) is 6.54 Å². The number of rotatable bonds is 3. The van der Waals surface area contributed by atoms with Gasteiger partial charge in [-0.2, -0.15) is 0 Å². The summed E-state index contributed by atoms with van der Waals surface area (Å²) in [5.74, 6) is 0.459. The highest BCUT2D eigenvalue weighted by Gasteiger charge is 2.33. The zero-order valence-corrected chi connectivity index (χ0v) is 12.4. The number of likely N-dealkylation sites (tertiary alicyclic amines) is 1. The van der Waals surface area contributed by atoms with E-state index < -0.39 is 0 Å². The van der Waals surface area contributed by atoms with E-state index in [4.69, 9.17) is 0 Å². The van der Waals surface area contributed by atoms with Crippen LogP contribution in [0, 0.1) is 11.7 Å². The van der Waals surface area contributed by atoms with Crippen LogP contribution in [-0.2, 0) is 4.79 Å². The lowest BCUT2D eigenvalue weighted by Crippen LogP contribution is -2.39. The van der Waals surface area contributed by atoms with Gasteiger partial charge in [0.1, 0.15) is 12.0 Å². The number of nitrogens with zero attached hydrogens (tertiary/aromatic N) is 2. The topological polar surface area (TPSA) is 35.6 Å². The summed E-state index contributed by atoms with van der Waals surface area (Å²) >= 11 is 0. The second kappa shape index (κ2) is 6.12. The van der Waals surface area contributed by atoms with Crippen LogP contribution in [-0.4, -0.2) is 48.9 Å². The molecular formula is C16H22FN3O. The molecule has 4 nitrogen and oxygen atoms in total. The van der Waals surface area contributed by atoms with Crippen LogP contribution >= 0.6 is 0 Å². The zero-order valence-electron chi connectivity index (χ0n) is 12.4. The number of benzene rings is 1. The molecule has 0 aromatic heterocycles. The second-order valence-electron chi connectivity index (χ2n) is 6.13. The van der Waals surface area contributed by atoms with Gasteiger partial charge in [-0.05, 0) is 56.6 Å². The summed E-state index contributed by atoms with van der Waals surface area (Å²) in [6.07, 6.45) is 2.16. The van der Waals surface area contributed by atoms with Crippen LogP contribution in [0.3, 0.4) is 0 Å². The van der Waals surface area contributed by atoms with Crippen LogP contribution < -0.4 is 5.32 Å². The molecule has 2 fully saturated rings. The van der Waals surface area contributed by atoms with Crippen LogP contribution in [0.15, 0.2) is 24.3 Å². The van der Waals surface area contributed by atoms with E-state index in [1.807, 2.05) is 4.90 Å². The highest BCUT2D eigenvalue weighted by atomic mass is 19.1. The largest absolute Gasteiger partial charge is 0.322 e. The lowest BCUT2D eigenvalue weighted by Gasteiger charge is -2.33. The van der Waals surface area contributed by atoms with Crippen LogP contribution in [0.5, 0.6) is 0 Å². The van der Waals surface area contributed by atoms with Crippen molar-refractivity contribution < 1.29 is 9.18 Å². The Bertz CT molecular complexity index is 497. The van der Waals surface area contributed by atoms with E-state index in [0.717, 1.165) is 38.0 Å². The van der Waals surface area contributed by atoms with E-state index in [0.29, 0.717) is 12.5 Å². The highest BCUT2D eigenvalue weighted by molar-refractivity contribution is 5.81. The molecule has 0 radical (unpaired) electrons. The van der Waals surface area contributed by atoms with Gasteiger partial charge >= 0.3 is 0 Å². The summed E-state index contributed by atoms with van der Waals surface area (Å²) in [5.41, 5.74) is 0.954. The van der Waals surface area contributed by atoms with E-state index in [2.05, 4.69) is 17.3 Å². The summed E-state index contributed by atoms with van der Waals surface area (Å²) in [6, 6.07) is 6.42. The average molecular weight is 291 g/mol. The molecule has 1 atom stereocenters. The first kappa shape index (κ1) is 14.5. The smallest absolute Gasteiger partial charge is 0.238 e. The third-order valence-electron chi connectivity index (χ3n) is 4.56. The van der Waals surface area contributed by atoms with Gasteiger partial charge in [0.15, 0.2) is 0 Å². The number of hydrogen-bond acceptors (Lipinski definition) is 3. The highest BCUT2D eigenvalue weighted by Crippen LogP contribution is 2.26. The maximum Gasteiger partial charge on any atom is 0.238 e. The maximum atomic E-state index is 13.1. The summed E-state index contributed by atoms with van der Waals surface area (Å²) in [4.78, 5) is 16.4. The van der Waals surface area contributed by atoms with Crippen LogP contribution in [0.1, 0.15) is 24.6 Å². The normalized spacial score (nSPS) is 24.8. The molecule has 2 saturated heterocycles. The van der Waals surface area contributed by atoms with Gasteiger partial charge in [-0.3, -0.25) is 10.1 Å². The molecule has 1 aromatic carbocycles. The molecule has 1 N–H and O–H groups in total. The Morgan fingerprint density at radius 2 is 1.90 bits per heavy atom. The molecular weight excluding hydrogens is 269 g/mol. The molecule has 1 unspecified atom stereocenters. The maximum absolute atomic E-state index is 13.1. The lowest BCUT2D eigenvalue weighted by atomic mass is 9.96. The van der Waals surface area contributed by atoms with Gasteiger partial charge in [0.25, 0.3) is 0 Å². The molecule has 0 bridgehead atoms. The molecule has 3 rings (SSSR count). The predicted molar refractivity (Wildman–Crippen MR) is 79.1 cm³/mol. The molecule has 5 heteroatoms. The predicted octanol–water partition coefficient (Wildman–Crippen LogP) is 1.60. The number of nitrogens with one attached hydrogen (secondary N) is 1. The molecule has 1 aromatic rings. The molecule has 0 aliphatic carbocycles. The van der Waals surface area contributed by atoms with Crippen molar-refractivity contribution in [1.29, 1.82) is 0 Å². The number of halogens is 1. The van der Waals surface area contributed by atoms with Gasteiger partial charge < -0.3 is 9.80 Å². The molecule has 0 saturated carbocycles. The molecule has 1 amide bonds. The SMILES string of the molecule is CN1CCC(CN2C(=O)CNC2c2ccc(F)cc2)CC1. The average Bonchev–Trinajstić information content (AvgIpc) is 2.84. The minimum Gasteiger partial charge on any atom is -0.322 e. The quantitative estimate of drug-likeness (QED) is 0.919. The van der Waals surface area contributed by atoms with E-state index >= 15 is 0 Å². The molecule has 0 spiro atoms. The van der Waals surface area contributed by atoms with Crippen molar-refractivity contribution in [2.45, 2.75) is 19.0 Å². The molecule has 21 heavy (non-hydrogen) atoms. The number of hydrogen-bond donors (Lipinski definition) is 1. The fraction of sp³-hybridized carbons (Fsp3) is 0.562. The van der Waals surface area contributed by atoms with E-state index in [1.54, 1.807) is 12.1 Å². The molecule has 114 valence electrons. The Labute approximate surface area is 124 Å². The Hall–Kier alpha value is -1.46. The Kier molecular flexibility index (Phi) is 4.22. The third-order valence-corrected chi connectivity index (χ3v) is 4.56. The first-order chi connectivity index (χ1) is 10.1. The molecule has 2 aliphatic rings. The van der Waals surface area contributed by atoms with Crippen LogP contribution in [0.2, 0.25) is 0 Å². The van der Waals surface area contributed by atoms with E-state index in [1.165, 1.54) is 12.1 Å². The van der Waals surface area contributed by atoms with Gasteiger partial charge in [-0.15, -0.1) is 0 Å². The van der Waals surface area contributed by atoms with Crippen molar-refractivity contribution in [2.75, 3.05) is 33.2 Å².